The van der Waals surface area contributed by atoms with Crippen molar-refractivity contribution in [3.63, 3.8) is 0 Å². The highest BCUT2D eigenvalue weighted by Gasteiger charge is 2.21. The predicted octanol–water partition coefficient (Wildman–Crippen LogP) is 17.0. The first-order valence-corrected chi connectivity index (χ1v) is 23.3. The van der Waals surface area contributed by atoms with Crippen LogP contribution >= 0.6 is 0 Å². The molecule has 1 aliphatic carbocycles. The number of para-hydroxylation sites is 4. The van der Waals surface area contributed by atoms with Gasteiger partial charge >= 0.3 is 0 Å². The van der Waals surface area contributed by atoms with Gasteiger partial charge in [-0.05, 0) is 138 Å². The minimum atomic E-state index is 0.275. The van der Waals surface area contributed by atoms with Crippen LogP contribution in [0, 0.1) is 0 Å². The van der Waals surface area contributed by atoms with Crippen molar-refractivity contribution in [3.8, 4) is 16.8 Å². The average molecular weight is 848 g/mol. The van der Waals surface area contributed by atoms with E-state index in [4.69, 9.17) is 0 Å². The normalized spacial score (nSPS) is 13.1. The van der Waals surface area contributed by atoms with E-state index in [0.717, 1.165) is 48.4 Å². The van der Waals surface area contributed by atoms with Crippen LogP contribution < -0.4 is 4.90 Å². The van der Waals surface area contributed by atoms with Crippen molar-refractivity contribution in [2.75, 3.05) is 4.90 Å². The number of allylic oxidation sites excluding steroid dienone is 4. The highest BCUT2D eigenvalue weighted by atomic mass is 15.1. The fourth-order valence-electron chi connectivity index (χ4n) is 10.5. The summed E-state index contributed by atoms with van der Waals surface area (Å²) in [5, 5.41) is 5.12. The molecule has 0 radical (unpaired) electrons. The van der Waals surface area contributed by atoms with Gasteiger partial charge in [0.25, 0.3) is 0 Å². The Morgan fingerprint density at radius 3 is 1.67 bits per heavy atom. The molecule has 0 saturated heterocycles. The quantitative estimate of drug-likeness (QED) is 0.126. The first-order chi connectivity index (χ1) is 32.7. The smallest absolute Gasteiger partial charge is 0.0542 e. The first kappa shape index (κ1) is 39.5. The molecule has 0 amide bonds. The lowest BCUT2D eigenvalue weighted by molar-refractivity contribution is 0.716. The summed E-state index contributed by atoms with van der Waals surface area (Å²) in [6.07, 6.45) is 10.9. The van der Waals surface area contributed by atoms with Gasteiger partial charge in [0.2, 0.25) is 0 Å². The van der Waals surface area contributed by atoms with Crippen LogP contribution in [0.3, 0.4) is 0 Å². The Bertz CT molecular complexity index is 3560. The van der Waals surface area contributed by atoms with Crippen molar-refractivity contribution in [1.29, 1.82) is 0 Å². The van der Waals surface area contributed by atoms with Crippen LogP contribution in [0.1, 0.15) is 41.9 Å². The molecule has 9 aromatic carbocycles. The van der Waals surface area contributed by atoms with Crippen LogP contribution in [0.2, 0.25) is 0 Å². The molecule has 2 heterocycles. The molecule has 3 nitrogen and oxygen atoms in total. The van der Waals surface area contributed by atoms with Gasteiger partial charge in [0.1, 0.15) is 0 Å². The third-order valence-corrected chi connectivity index (χ3v) is 13.7. The van der Waals surface area contributed by atoms with Gasteiger partial charge in [-0.15, -0.1) is 0 Å². The Kier molecular flexibility index (Phi) is 10.2. The maximum absolute atomic E-state index is 2.48. The van der Waals surface area contributed by atoms with E-state index in [1.807, 2.05) is 0 Å². The number of anilines is 3. The highest BCUT2D eigenvalue weighted by molar-refractivity contribution is 6.11. The summed E-state index contributed by atoms with van der Waals surface area (Å²) in [5.74, 6) is 0.275. The van der Waals surface area contributed by atoms with Crippen LogP contribution in [0.25, 0.3) is 66.1 Å². The summed E-state index contributed by atoms with van der Waals surface area (Å²) in [5.41, 5.74) is 17.4. The SMILES string of the molecule is C1=CCCC(n2c3ccccc3c3cc(C(CCc4ccc(-c5ccc(N(c6ccccc6)c6ccc7c(c6)c6ccccc6n7-c6ccccc6)cc5)cc4)c4ccccc4)ccc32)=C1. The summed E-state index contributed by atoms with van der Waals surface area (Å²) in [7, 11) is 0. The Balaban J connectivity index is 0.825. The van der Waals surface area contributed by atoms with Gasteiger partial charge < -0.3 is 14.0 Å². The number of nitrogens with zero attached hydrogens (tertiary/aromatic N) is 3. The Morgan fingerprint density at radius 1 is 0.424 bits per heavy atom. The second kappa shape index (κ2) is 17.1. The molecular weight excluding hydrogens is 799 g/mol. The monoisotopic (exact) mass is 847 g/mol. The van der Waals surface area contributed by atoms with Gasteiger partial charge in [-0.2, -0.15) is 0 Å². The summed E-state index contributed by atoms with van der Waals surface area (Å²) in [4.78, 5) is 2.37. The number of benzene rings is 9. The van der Waals surface area contributed by atoms with Gasteiger partial charge in [-0.1, -0.05) is 158 Å². The molecule has 0 bridgehead atoms. The molecule has 1 unspecified atom stereocenters. The molecule has 1 atom stereocenters. The topological polar surface area (TPSA) is 13.1 Å². The molecule has 0 saturated carbocycles. The lowest BCUT2D eigenvalue weighted by Gasteiger charge is -2.26. The number of aryl methyl sites for hydroxylation is 1. The van der Waals surface area contributed by atoms with E-state index in [0.29, 0.717) is 0 Å². The van der Waals surface area contributed by atoms with Crippen LogP contribution in [0.15, 0.2) is 243 Å². The van der Waals surface area contributed by atoms with E-state index in [9.17, 15) is 0 Å². The summed E-state index contributed by atoms with van der Waals surface area (Å²) in [6.45, 7) is 0. The lowest BCUT2D eigenvalue weighted by atomic mass is 9.85. The number of aromatic nitrogens is 2. The van der Waals surface area contributed by atoms with Gasteiger partial charge in [-0.25, -0.2) is 0 Å². The maximum atomic E-state index is 2.48. The Morgan fingerprint density at radius 2 is 0.970 bits per heavy atom. The van der Waals surface area contributed by atoms with Gasteiger partial charge in [0.05, 0.1) is 22.1 Å². The third kappa shape index (κ3) is 7.19. The molecule has 2 aromatic heterocycles. The minimum absolute atomic E-state index is 0.275. The lowest BCUT2D eigenvalue weighted by Crippen LogP contribution is -2.09. The zero-order valence-corrected chi connectivity index (χ0v) is 36.8. The van der Waals surface area contributed by atoms with Crippen molar-refractivity contribution in [2.45, 2.75) is 31.6 Å². The van der Waals surface area contributed by atoms with Crippen LogP contribution in [-0.4, -0.2) is 9.13 Å². The number of fused-ring (bicyclic) bond motifs is 6. The van der Waals surface area contributed by atoms with E-state index in [2.05, 4.69) is 257 Å². The van der Waals surface area contributed by atoms with Crippen molar-refractivity contribution in [3.05, 3.63) is 259 Å². The van der Waals surface area contributed by atoms with Crippen molar-refractivity contribution in [1.82, 2.24) is 9.13 Å². The molecule has 316 valence electrons. The van der Waals surface area contributed by atoms with E-state index < -0.39 is 0 Å². The summed E-state index contributed by atoms with van der Waals surface area (Å²) in [6, 6.07) is 82.5. The second-order valence-corrected chi connectivity index (χ2v) is 17.6. The molecule has 11 aromatic rings. The summed E-state index contributed by atoms with van der Waals surface area (Å²) >= 11 is 0. The van der Waals surface area contributed by atoms with E-state index in [1.54, 1.807) is 0 Å². The highest BCUT2D eigenvalue weighted by Crippen LogP contribution is 2.41. The van der Waals surface area contributed by atoms with Crippen LogP contribution in [0.5, 0.6) is 0 Å². The third-order valence-electron chi connectivity index (χ3n) is 13.7. The van der Waals surface area contributed by atoms with Crippen molar-refractivity contribution in [2.24, 2.45) is 0 Å². The first-order valence-electron chi connectivity index (χ1n) is 23.3. The molecule has 1 aliphatic rings. The maximum Gasteiger partial charge on any atom is 0.0542 e. The van der Waals surface area contributed by atoms with Crippen LogP contribution in [-0.2, 0) is 6.42 Å². The average Bonchev–Trinajstić information content (AvgIpc) is 3.90. The molecule has 0 N–H and O–H groups in total. The molecule has 0 spiro atoms. The van der Waals surface area contributed by atoms with Crippen molar-refractivity contribution < 1.29 is 0 Å². The molecule has 12 rings (SSSR count). The van der Waals surface area contributed by atoms with Gasteiger partial charge in [-0.3, -0.25) is 0 Å². The fourth-order valence-corrected chi connectivity index (χ4v) is 10.5. The summed E-state index contributed by atoms with van der Waals surface area (Å²) < 4.78 is 4.86. The van der Waals surface area contributed by atoms with Gasteiger partial charge in [0.15, 0.2) is 0 Å². The second-order valence-electron chi connectivity index (χ2n) is 17.6. The Hall–Kier alpha value is -8.14. The van der Waals surface area contributed by atoms with Crippen LogP contribution in [0.4, 0.5) is 17.1 Å². The van der Waals surface area contributed by atoms with Gasteiger partial charge in [0, 0.05) is 55.9 Å². The zero-order chi connectivity index (χ0) is 43.8. The van der Waals surface area contributed by atoms with Crippen molar-refractivity contribution >= 4 is 66.4 Å². The molecular formula is C63H49N3. The standard InChI is InChI=1S/C63H49N3/c1-5-17-48(18-6-1)55(49-36-41-62-58(43-49)56-25-13-15-27-60(56)65(62)51-21-9-3-10-22-51)40-31-45-29-32-46(33-30-45)47-34-37-53(38-35-47)64(50-19-7-2-8-20-50)54-39-42-63-59(44-54)57-26-14-16-28-61(57)66(63)52-23-11-4-12-24-52/h1-9,11-21,23-30,32-39,41-44,55H,10,22,31,40H2. The largest absolute Gasteiger partial charge is 0.313 e. The molecule has 0 fully saturated rings. The number of rotatable bonds is 11. The Labute approximate surface area is 386 Å². The number of hydrogen-bond acceptors (Lipinski definition) is 1. The molecule has 66 heavy (non-hydrogen) atoms. The zero-order valence-electron chi connectivity index (χ0n) is 36.8. The minimum Gasteiger partial charge on any atom is -0.313 e. The fraction of sp³-hybridized carbons (Fsp3) is 0.0794. The molecule has 3 heteroatoms. The van der Waals surface area contributed by atoms with E-state index in [-0.39, 0.29) is 5.92 Å². The number of hydrogen-bond donors (Lipinski definition) is 0. The predicted molar refractivity (Wildman–Crippen MR) is 280 cm³/mol. The van der Waals surface area contributed by atoms with E-state index in [1.165, 1.54) is 77.1 Å². The van der Waals surface area contributed by atoms with E-state index >= 15 is 0 Å². The molecule has 0 aliphatic heterocycles.